The van der Waals surface area contributed by atoms with Crippen LogP contribution in [0.4, 0.5) is 0 Å². The lowest BCUT2D eigenvalue weighted by atomic mass is 10.1. The molecule has 1 N–H and O–H groups in total. The van der Waals surface area contributed by atoms with Crippen LogP contribution in [0.5, 0.6) is 23.0 Å². The largest absolute Gasteiger partial charge is 0.507 e. The lowest BCUT2D eigenvalue weighted by molar-refractivity contribution is -0.119. The Morgan fingerprint density at radius 3 is 1.92 bits per heavy atom. The molecule has 2 aromatic rings. The first-order valence-electron chi connectivity index (χ1n) is 13.7. The zero-order valence-electron chi connectivity index (χ0n) is 21.6. The van der Waals surface area contributed by atoms with Crippen molar-refractivity contribution in [3.8, 4) is 23.0 Å². The van der Waals surface area contributed by atoms with Crippen LogP contribution in [0.2, 0.25) is 0 Å². The van der Waals surface area contributed by atoms with Crippen LogP contribution in [0.1, 0.15) is 73.7 Å². The first-order chi connectivity index (χ1) is 18.6. The van der Waals surface area contributed by atoms with Gasteiger partial charge in [-0.3, -0.25) is 4.79 Å². The summed E-state index contributed by atoms with van der Waals surface area (Å²) in [6, 6.07) is 10.2. The quantitative estimate of drug-likeness (QED) is 0.315. The number of rotatable bonds is 9. The van der Waals surface area contributed by atoms with Gasteiger partial charge in [0.1, 0.15) is 11.5 Å². The number of phenols is 1. The summed E-state index contributed by atoms with van der Waals surface area (Å²) in [5.74, 6) is 1.15. The van der Waals surface area contributed by atoms with E-state index in [1.165, 1.54) is 12.1 Å². The summed E-state index contributed by atoms with van der Waals surface area (Å²) >= 11 is 0. The highest BCUT2D eigenvalue weighted by Crippen LogP contribution is 2.34. The number of allylic oxidation sites excluding steroid dienone is 1. The van der Waals surface area contributed by atoms with Gasteiger partial charge in [0.05, 0.1) is 25.4 Å². The molecule has 0 aromatic heterocycles. The smallest absolute Gasteiger partial charge is 0.200 e. The molecule has 3 aliphatic rings. The van der Waals surface area contributed by atoms with Crippen LogP contribution < -0.4 is 14.2 Å². The second kappa shape index (κ2) is 13.1. The molecule has 38 heavy (non-hydrogen) atoms. The maximum atomic E-state index is 12.9. The zero-order valence-corrected chi connectivity index (χ0v) is 21.6. The molecule has 3 atom stereocenters. The van der Waals surface area contributed by atoms with Crippen molar-refractivity contribution in [1.82, 2.24) is 0 Å². The van der Waals surface area contributed by atoms with Crippen molar-refractivity contribution in [2.45, 2.75) is 76.7 Å². The van der Waals surface area contributed by atoms with Gasteiger partial charge < -0.3 is 33.5 Å². The SMILES string of the molecule is O=C(/C=C/c1ccc(OC2CCCCO2)c(OC2CCCCO2)c1)c1ccc(OC2CCCCO2)cc1O. The van der Waals surface area contributed by atoms with Crippen molar-refractivity contribution < 1.29 is 38.3 Å². The topological polar surface area (TPSA) is 92.7 Å². The maximum Gasteiger partial charge on any atom is 0.200 e. The molecule has 0 saturated carbocycles. The van der Waals surface area contributed by atoms with E-state index in [1.807, 2.05) is 18.2 Å². The van der Waals surface area contributed by atoms with E-state index in [0.29, 0.717) is 37.1 Å². The number of benzene rings is 2. The molecule has 3 heterocycles. The number of hydrogen-bond acceptors (Lipinski definition) is 8. The lowest BCUT2D eigenvalue weighted by Crippen LogP contribution is -2.27. The van der Waals surface area contributed by atoms with Crippen molar-refractivity contribution >= 4 is 11.9 Å². The Bertz CT molecular complexity index is 1100. The summed E-state index contributed by atoms with van der Waals surface area (Å²) in [4.78, 5) is 12.9. The van der Waals surface area contributed by atoms with Crippen LogP contribution in [-0.2, 0) is 14.2 Å². The van der Waals surface area contributed by atoms with E-state index >= 15 is 0 Å². The zero-order chi connectivity index (χ0) is 26.2. The number of ketones is 1. The summed E-state index contributed by atoms with van der Waals surface area (Å²) in [5.41, 5.74) is 0.953. The molecule has 0 spiro atoms. The minimum Gasteiger partial charge on any atom is -0.507 e. The van der Waals surface area contributed by atoms with E-state index in [0.717, 1.165) is 63.4 Å². The molecule has 3 fully saturated rings. The van der Waals surface area contributed by atoms with Crippen molar-refractivity contribution in [2.75, 3.05) is 19.8 Å². The molecular weight excluding hydrogens is 488 g/mol. The highest BCUT2D eigenvalue weighted by atomic mass is 16.7. The fraction of sp³-hybridized carbons (Fsp3) is 0.500. The average Bonchev–Trinajstić information content (AvgIpc) is 2.95. The molecule has 8 heteroatoms. The van der Waals surface area contributed by atoms with Crippen LogP contribution in [0.15, 0.2) is 42.5 Å². The third-order valence-electron chi connectivity index (χ3n) is 6.83. The third-order valence-corrected chi connectivity index (χ3v) is 6.83. The van der Waals surface area contributed by atoms with Crippen molar-refractivity contribution in [3.63, 3.8) is 0 Å². The summed E-state index contributed by atoms with van der Waals surface area (Å²) in [6.07, 6.45) is 10.8. The summed E-state index contributed by atoms with van der Waals surface area (Å²) in [5, 5.41) is 10.5. The summed E-state index contributed by atoms with van der Waals surface area (Å²) in [7, 11) is 0. The fourth-order valence-electron chi connectivity index (χ4n) is 4.72. The summed E-state index contributed by atoms with van der Waals surface area (Å²) in [6.45, 7) is 2.02. The van der Waals surface area contributed by atoms with Crippen LogP contribution in [0.25, 0.3) is 6.08 Å². The number of aromatic hydroxyl groups is 1. The molecule has 204 valence electrons. The Balaban J connectivity index is 1.27. The van der Waals surface area contributed by atoms with Gasteiger partial charge in [-0.05, 0) is 74.4 Å². The van der Waals surface area contributed by atoms with E-state index in [2.05, 4.69) is 0 Å². The predicted molar refractivity (Wildman–Crippen MR) is 141 cm³/mol. The van der Waals surface area contributed by atoms with Crippen LogP contribution >= 0.6 is 0 Å². The van der Waals surface area contributed by atoms with Crippen LogP contribution in [0, 0.1) is 0 Å². The Labute approximate surface area is 223 Å². The first-order valence-corrected chi connectivity index (χ1v) is 13.7. The van der Waals surface area contributed by atoms with Gasteiger partial charge in [0.25, 0.3) is 0 Å². The molecular formula is C30H36O8. The van der Waals surface area contributed by atoms with E-state index in [-0.39, 0.29) is 36.0 Å². The van der Waals surface area contributed by atoms with Gasteiger partial charge in [-0.25, -0.2) is 0 Å². The van der Waals surface area contributed by atoms with E-state index < -0.39 is 0 Å². The lowest BCUT2D eigenvalue weighted by Gasteiger charge is -2.27. The standard InChI is InChI=1S/C30H36O8/c31-24(23-13-12-22(20-25(23)32)36-28-7-1-4-16-33-28)14-10-21-11-15-26(37-29-8-2-5-17-34-29)27(19-21)38-30-9-3-6-18-35-30/h10-15,19-20,28-30,32H,1-9,16-18H2/b14-10+. The second-order valence-corrected chi connectivity index (χ2v) is 9.82. The number of phenolic OH excluding ortho intramolecular Hbond substituents is 1. The highest BCUT2D eigenvalue weighted by molar-refractivity contribution is 6.08. The van der Waals surface area contributed by atoms with Crippen molar-refractivity contribution in [2.24, 2.45) is 0 Å². The van der Waals surface area contributed by atoms with Gasteiger partial charge in [0, 0.05) is 25.3 Å². The molecule has 3 unspecified atom stereocenters. The second-order valence-electron chi connectivity index (χ2n) is 9.82. The molecule has 3 aliphatic heterocycles. The average molecular weight is 525 g/mol. The van der Waals surface area contributed by atoms with Gasteiger partial charge in [-0.2, -0.15) is 0 Å². The van der Waals surface area contributed by atoms with E-state index in [4.69, 9.17) is 28.4 Å². The van der Waals surface area contributed by atoms with Crippen LogP contribution in [0.3, 0.4) is 0 Å². The molecule has 2 aromatic carbocycles. The molecule has 0 amide bonds. The normalized spacial score (nSPS) is 24.2. The molecule has 0 bridgehead atoms. The number of ether oxygens (including phenoxy) is 6. The third kappa shape index (κ3) is 7.28. The Morgan fingerprint density at radius 2 is 1.34 bits per heavy atom. The molecule has 0 radical (unpaired) electrons. The van der Waals surface area contributed by atoms with Crippen LogP contribution in [-0.4, -0.2) is 49.6 Å². The van der Waals surface area contributed by atoms with Gasteiger partial charge >= 0.3 is 0 Å². The Hall–Kier alpha value is -3.07. The fourth-order valence-corrected chi connectivity index (χ4v) is 4.72. The molecule has 8 nitrogen and oxygen atoms in total. The highest BCUT2D eigenvalue weighted by Gasteiger charge is 2.22. The Morgan fingerprint density at radius 1 is 0.737 bits per heavy atom. The predicted octanol–water partition coefficient (Wildman–Crippen LogP) is 6.00. The maximum absolute atomic E-state index is 12.9. The first kappa shape index (κ1) is 26.5. The molecule has 5 rings (SSSR count). The van der Waals surface area contributed by atoms with Gasteiger partial charge in [0.15, 0.2) is 36.2 Å². The van der Waals surface area contributed by atoms with Gasteiger partial charge in [-0.1, -0.05) is 12.1 Å². The van der Waals surface area contributed by atoms with Gasteiger partial charge in [0.2, 0.25) is 0 Å². The number of carbonyl (C=O) groups is 1. The van der Waals surface area contributed by atoms with E-state index in [9.17, 15) is 9.90 Å². The van der Waals surface area contributed by atoms with Crippen molar-refractivity contribution in [1.29, 1.82) is 0 Å². The molecule has 3 saturated heterocycles. The van der Waals surface area contributed by atoms with Gasteiger partial charge in [-0.15, -0.1) is 0 Å². The molecule has 0 aliphatic carbocycles. The summed E-state index contributed by atoms with van der Waals surface area (Å²) < 4.78 is 35.2. The van der Waals surface area contributed by atoms with E-state index in [1.54, 1.807) is 18.2 Å². The number of carbonyl (C=O) groups excluding carboxylic acids is 1. The minimum absolute atomic E-state index is 0.136. The van der Waals surface area contributed by atoms with Crippen molar-refractivity contribution in [3.05, 3.63) is 53.6 Å². The monoisotopic (exact) mass is 524 g/mol. The minimum atomic E-state index is -0.337. The number of hydrogen-bond donors (Lipinski definition) is 1. The Kier molecular flexibility index (Phi) is 9.17.